The Bertz CT molecular complexity index is 1110. The molecule has 4 aromatic rings. The van der Waals surface area contributed by atoms with E-state index < -0.39 is 0 Å². The number of nitrogens with zero attached hydrogens (tertiary/aromatic N) is 3. The topological polar surface area (TPSA) is 87.3 Å². The molecule has 7 heteroatoms. The molecule has 0 bridgehead atoms. The first-order valence-electron chi connectivity index (χ1n) is 8.16. The molecule has 6 nitrogen and oxygen atoms in total. The lowest BCUT2D eigenvalue weighted by Gasteiger charge is -2.02. The van der Waals surface area contributed by atoms with E-state index >= 15 is 0 Å². The number of H-pyrrole nitrogens is 2. The molecule has 0 unspecified atom stereocenters. The molecular weight excluding hydrogens is 333 g/mol. The van der Waals surface area contributed by atoms with Gasteiger partial charge < -0.3 is 0 Å². The fourth-order valence-corrected chi connectivity index (χ4v) is 2.90. The summed E-state index contributed by atoms with van der Waals surface area (Å²) in [6, 6.07) is 8.03. The van der Waals surface area contributed by atoms with Crippen molar-refractivity contribution in [2.75, 3.05) is 0 Å². The molecule has 0 aliphatic carbocycles. The molecule has 0 saturated carbocycles. The summed E-state index contributed by atoms with van der Waals surface area (Å²) in [7, 11) is 0. The summed E-state index contributed by atoms with van der Waals surface area (Å²) < 4.78 is 13.2. The number of benzene rings is 1. The van der Waals surface area contributed by atoms with Gasteiger partial charge in [0.2, 0.25) is 0 Å². The second kappa shape index (κ2) is 6.18. The highest BCUT2D eigenvalue weighted by Gasteiger charge is 2.16. The molecular formula is C19H16FN5O. The maximum absolute atomic E-state index is 13.2. The zero-order valence-corrected chi connectivity index (χ0v) is 14.3. The van der Waals surface area contributed by atoms with E-state index in [1.807, 2.05) is 19.9 Å². The average Bonchev–Trinajstić information content (AvgIpc) is 3.19. The highest BCUT2D eigenvalue weighted by Crippen LogP contribution is 2.26. The number of carbonyl (C=O) groups excluding carboxylic acids is 1. The van der Waals surface area contributed by atoms with Crippen LogP contribution >= 0.6 is 0 Å². The largest absolute Gasteiger partial charge is 0.292 e. The van der Waals surface area contributed by atoms with Gasteiger partial charge in [-0.05, 0) is 49.7 Å². The lowest BCUT2D eigenvalue weighted by molar-refractivity contribution is 0.0987. The van der Waals surface area contributed by atoms with E-state index in [2.05, 4.69) is 25.4 Å². The molecule has 0 aliphatic rings. The van der Waals surface area contributed by atoms with Crippen LogP contribution in [0.25, 0.3) is 22.3 Å². The molecule has 0 saturated heterocycles. The van der Waals surface area contributed by atoms with Gasteiger partial charge in [0.1, 0.15) is 11.5 Å². The van der Waals surface area contributed by atoms with Gasteiger partial charge in [-0.3, -0.25) is 15.0 Å². The Morgan fingerprint density at radius 2 is 1.88 bits per heavy atom. The van der Waals surface area contributed by atoms with Crippen molar-refractivity contribution in [1.29, 1.82) is 0 Å². The van der Waals surface area contributed by atoms with E-state index in [9.17, 15) is 9.18 Å². The van der Waals surface area contributed by atoms with E-state index in [4.69, 9.17) is 0 Å². The van der Waals surface area contributed by atoms with E-state index in [0.29, 0.717) is 11.3 Å². The predicted molar refractivity (Wildman–Crippen MR) is 95.4 cm³/mol. The maximum Gasteiger partial charge on any atom is 0.187 e. The molecule has 0 aliphatic heterocycles. The quantitative estimate of drug-likeness (QED) is 0.552. The monoisotopic (exact) mass is 349 g/mol. The molecule has 3 heterocycles. The molecule has 0 spiro atoms. The molecule has 4 rings (SSSR count). The first-order chi connectivity index (χ1) is 12.5. The fourth-order valence-electron chi connectivity index (χ4n) is 2.90. The number of hydrogen-bond acceptors (Lipinski definition) is 4. The van der Waals surface area contributed by atoms with Crippen LogP contribution in [0, 0.1) is 19.7 Å². The van der Waals surface area contributed by atoms with Crippen molar-refractivity contribution < 1.29 is 9.18 Å². The Kier molecular flexibility index (Phi) is 3.84. The number of ketones is 1. The van der Waals surface area contributed by atoms with Crippen molar-refractivity contribution in [2.45, 2.75) is 20.3 Å². The lowest BCUT2D eigenvalue weighted by atomic mass is 10.0. The Balaban J connectivity index is 1.69. The number of nitrogens with one attached hydrogen (secondary N) is 2. The SMILES string of the molecule is Cc1[nH]nc(C(=O)Cc2cnc3n[nH]c(-c4ccc(F)cc4)c3c2)c1C. The standard InChI is InChI=1S/C19H16FN5O/c1-10-11(2)22-23-17(10)16(26)8-12-7-15-18(24-25-19(15)21-9-12)13-3-5-14(20)6-4-13/h3-7,9H,8H2,1-2H3,(H,22,23)(H,21,24,25). The third-order valence-corrected chi connectivity index (χ3v) is 4.48. The van der Waals surface area contributed by atoms with Crippen LogP contribution in [0.1, 0.15) is 27.3 Å². The van der Waals surface area contributed by atoms with Crippen LogP contribution in [0.4, 0.5) is 4.39 Å². The van der Waals surface area contributed by atoms with Crippen LogP contribution in [-0.2, 0) is 6.42 Å². The van der Waals surface area contributed by atoms with Gasteiger partial charge >= 0.3 is 0 Å². The molecule has 130 valence electrons. The van der Waals surface area contributed by atoms with E-state index in [0.717, 1.165) is 33.5 Å². The first-order valence-corrected chi connectivity index (χ1v) is 8.16. The van der Waals surface area contributed by atoms with Crippen molar-refractivity contribution in [3.8, 4) is 11.3 Å². The number of aryl methyl sites for hydroxylation is 1. The summed E-state index contributed by atoms with van der Waals surface area (Å²) in [5.41, 5.74) is 5.06. The van der Waals surface area contributed by atoms with Gasteiger partial charge in [-0.2, -0.15) is 10.2 Å². The second-order valence-corrected chi connectivity index (χ2v) is 6.24. The number of hydrogen-bond donors (Lipinski definition) is 2. The second-order valence-electron chi connectivity index (χ2n) is 6.24. The normalized spacial score (nSPS) is 11.2. The van der Waals surface area contributed by atoms with Crippen molar-refractivity contribution in [3.63, 3.8) is 0 Å². The van der Waals surface area contributed by atoms with Gasteiger partial charge in [0, 0.05) is 34.8 Å². The van der Waals surface area contributed by atoms with Crippen LogP contribution in [0.5, 0.6) is 0 Å². The fraction of sp³-hybridized carbons (Fsp3) is 0.158. The number of Topliss-reactive ketones (excluding diaryl/α,β-unsaturated/α-hetero) is 1. The van der Waals surface area contributed by atoms with Gasteiger partial charge in [-0.1, -0.05) is 0 Å². The Labute approximate surface area is 148 Å². The molecule has 3 aromatic heterocycles. The van der Waals surface area contributed by atoms with E-state index in [1.165, 1.54) is 12.1 Å². The molecule has 0 amide bonds. The number of rotatable bonds is 4. The summed E-state index contributed by atoms with van der Waals surface area (Å²) in [6.07, 6.45) is 1.84. The van der Waals surface area contributed by atoms with Gasteiger partial charge in [0.25, 0.3) is 0 Å². The van der Waals surface area contributed by atoms with E-state index in [1.54, 1.807) is 18.3 Å². The average molecular weight is 349 g/mol. The summed E-state index contributed by atoms with van der Waals surface area (Å²) in [5, 5.41) is 14.8. The van der Waals surface area contributed by atoms with Gasteiger partial charge in [-0.25, -0.2) is 9.37 Å². The minimum absolute atomic E-state index is 0.0696. The minimum atomic E-state index is -0.299. The Hall–Kier alpha value is -3.35. The van der Waals surface area contributed by atoms with Crippen LogP contribution in [0.3, 0.4) is 0 Å². The number of pyridine rings is 1. The zero-order valence-electron chi connectivity index (χ0n) is 14.3. The summed E-state index contributed by atoms with van der Waals surface area (Å²) in [5.74, 6) is -0.369. The van der Waals surface area contributed by atoms with Crippen LogP contribution < -0.4 is 0 Å². The molecule has 0 fully saturated rings. The molecule has 0 radical (unpaired) electrons. The van der Waals surface area contributed by atoms with Gasteiger partial charge in [-0.15, -0.1) is 0 Å². The van der Waals surface area contributed by atoms with Crippen molar-refractivity contribution in [3.05, 3.63) is 64.9 Å². The van der Waals surface area contributed by atoms with Crippen LogP contribution in [0.2, 0.25) is 0 Å². The predicted octanol–water partition coefficient (Wildman–Crippen LogP) is 3.53. The molecule has 0 atom stereocenters. The number of aromatic nitrogens is 5. The van der Waals surface area contributed by atoms with Gasteiger partial charge in [0.05, 0.1) is 5.69 Å². The van der Waals surface area contributed by atoms with Crippen molar-refractivity contribution >= 4 is 16.8 Å². The van der Waals surface area contributed by atoms with Gasteiger partial charge in [0.15, 0.2) is 11.4 Å². The highest BCUT2D eigenvalue weighted by molar-refractivity contribution is 5.98. The maximum atomic E-state index is 13.2. The minimum Gasteiger partial charge on any atom is -0.292 e. The number of carbonyl (C=O) groups is 1. The molecule has 2 N–H and O–H groups in total. The number of fused-ring (bicyclic) bond motifs is 1. The summed E-state index contributed by atoms with van der Waals surface area (Å²) in [4.78, 5) is 16.9. The smallest absolute Gasteiger partial charge is 0.187 e. The molecule has 26 heavy (non-hydrogen) atoms. The summed E-state index contributed by atoms with van der Waals surface area (Å²) in [6.45, 7) is 3.75. The number of aromatic amines is 2. The lowest BCUT2D eigenvalue weighted by Crippen LogP contribution is -2.06. The third-order valence-electron chi connectivity index (χ3n) is 4.48. The van der Waals surface area contributed by atoms with E-state index in [-0.39, 0.29) is 18.0 Å². The summed E-state index contributed by atoms with van der Waals surface area (Å²) >= 11 is 0. The highest BCUT2D eigenvalue weighted by atomic mass is 19.1. The first kappa shape index (κ1) is 16.1. The third kappa shape index (κ3) is 2.77. The Morgan fingerprint density at radius 3 is 2.58 bits per heavy atom. The zero-order chi connectivity index (χ0) is 18.3. The van der Waals surface area contributed by atoms with Crippen LogP contribution in [-0.4, -0.2) is 31.2 Å². The molecule has 1 aromatic carbocycles. The van der Waals surface area contributed by atoms with Crippen molar-refractivity contribution in [1.82, 2.24) is 25.4 Å². The van der Waals surface area contributed by atoms with Crippen LogP contribution in [0.15, 0.2) is 36.5 Å². The Morgan fingerprint density at radius 1 is 1.12 bits per heavy atom. The van der Waals surface area contributed by atoms with Crippen molar-refractivity contribution in [2.24, 2.45) is 0 Å². The number of halogens is 1.